The van der Waals surface area contributed by atoms with E-state index in [2.05, 4.69) is 15.9 Å². The van der Waals surface area contributed by atoms with Crippen molar-refractivity contribution in [1.82, 2.24) is 4.57 Å². The van der Waals surface area contributed by atoms with Gasteiger partial charge in [0.2, 0.25) is 0 Å². The molecule has 100 valence electrons. The van der Waals surface area contributed by atoms with Gasteiger partial charge in [0.1, 0.15) is 0 Å². The molecule has 0 aliphatic carbocycles. The van der Waals surface area contributed by atoms with E-state index in [1.807, 2.05) is 0 Å². The third-order valence-corrected chi connectivity index (χ3v) is 3.74. The summed E-state index contributed by atoms with van der Waals surface area (Å²) < 4.78 is 6.55. The van der Waals surface area contributed by atoms with Crippen LogP contribution in [0.4, 0.5) is 5.69 Å². The van der Waals surface area contributed by atoms with E-state index in [1.54, 1.807) is 27.0 Å². The summed E-state index contributed by atoms with van der Waals surface area (Å²) in [6, 6.07) is 0. The average Bonchev–Trinajstić information content (AvgIpc) is 2.31. The number of pyridine rings is 1. The lowest BCUT2D eigenvalue weighted by molar-refractivity contribution is -0.151. The summed E-state index contributed by atoms with van der Waals surface area (Å²) in [6.45, 7) is 5.41. The molecule has 0 aliphatic heterocycles. The van der Waals surface area contributed by atoms with Crippen LogP contribution in [0.25, 0.3) is 0 Å². The van der Waals surface area contributed by atoms with Gasteiger partial charge >= 0.3 is 5.97 Å². The maximum Gasteiger partial charge on any atom is 0.313 e. The first kappa shape index (κ1) is 14.8. The molecule has 0 saturated heterocycles. The van der Waals surface area contributed by atoms with Crippen LogP contribution in [0, 0.1) is 12.3 Å². The number of halogens is 1. The zero-order valence-corrected chi connectivity index (χ0v) is 12.5. The Balaban J connectivity index is 3.21. The van der Waals surface area contributed by atoms with Crippen molar-refractivity contribution in [2.24, 2.45) is 5.41 Å². The molecule has 0 unspecified atom stereocenters. The number of rotatable bonds is 3. The van der Waals surface area contributed by atoms with Crippen molar-refractivity contribution in [2.75, 3.05) is 12.8 Å². The number of nitrogen functional groups attached to an aromatic ring is 1. The normalized spacial score (nSPS) is 11.4. The zero-order chi connectivity index (χ0) is 14.1. The number of carbonyl (C=O) groups is 1. The van der Waals surface area contributed by atoms with E-state index < -0.39 is 5.41 Å². The van der Waals surface area contributed by atoms with Gasteiger partial charge in [0.25, 0.3) is 5.56 Å². The fraction of sp³-hybridized carbons (Fsp3) is 0.500. The van der Waals surface area contributed by atoms with Crippen LogP contribution < -0.4 is 11.3 Å². The van der Waals surface area contributed by atoms with Gasteiger partial charge in [-0.15, -0.1) is 0 Å². The molecule has 6 heteroatoms. The monoisotopic (exact) mass is 316 g/mol. The highest BCUT2D eigenvalue weighted by Crippen LogP contribution is 2.22. The highest BCUT2D eigenvalue weighted by atomic mass is 79.9. The number of anilines is 1. The van der Waals surface area contributed by atoms with Crippen LogP contribution in [0.1, 0.15) is 19.4 Å². The molecule has 1 rings (SSSR count). The molecule has 1 aromatic rings. The van der Waals surface area contributed by atoms with E-state index in [0.717, 1.165) is 0 Å². The third kappa shape index (κ3) is 2.75. The second-order valence-electron chi connectivity index (χ2n) is 4.83. The number of hydrogen-bond donors (Lipinski definition) is 1. The Labute approximate surface area is 114 Å². The first-order valence-corrected chi connectivity index (χ1v) is 6.23. The van der Waals surface area contributed by atoms with Crippen LogP contribution in [-0.2, 0) is 16.1 Å². The minimum absolute atomic E-state index is 0.210. The zero-order valence-electron chi connectivity index (χ0n) is 10.9. The summed E-state index contributed by atoms with van der Waals surface area (Å²) >= 11 is 3.21. The minimum Gasteiger partial charge on any atom is -0.469 e. The molecule has 0 spiro atoms. The van der Waals surface area contributed by atoms with Gasteiger partial charge < -0.3 is 15.0 Å². The van der Waals surface area contributed by atoms with E-state index in [9.17, 15) is 9.59 Å². The average molecular weight is 317 g/mol. The molecule has 0 aromatic carbocycles. The van der Waals surface area contributed by atoms with Crippen molar-refractivity contribution in [3.8, 4) is 0 Å². The Morgan fingerprint density at radius 1 is 1.56 bits per heavy atom. The first-order chi connectivity index (χ1) is 8.20. The van der Waals surface area contributed by atoms with Crippen molar-refractivity contribution in [1.29, 1.82) is 0 Å². The Kier molecular flexibility index (Phi) is 4.21. The van der Waals surface area contributed by atoms with E-state index in [4.69, 9.17) is 10.5 Å². The highest BCUT2D eigenvalue weighted by Gasteiger charge is 2.30. The topological polar surface area (TPSA) is 74.3 Å². The Morgan fingerprint density at radius 3 is 2.61 bits per heavy atom. The van der Waals surface area contributed by atoms with Gasteiger partial charge in [0, 0.05) is 12.7 Å². The molecule has 0 fully saturated rings. The predicted octanol–water partition coefficient (Wildman–Crippen LogP) is 1.70. The molecule has 5 nitrogen and oxygen atoms in total. The Morgan fingerprint density at radius 2 is 2.11 bits per heavy atom. The van der Waals surface area contributed by atoms with Crippen LogP contribution >= 0.6 is 15.9 Å². The number of carbonyl (C=O) groups excluding carboxylic acids is 1. The predicted molar refractivity (Wildman–Crippen MR) is 73.3 cm³/mol. The van der Waals surface area contributed by atoms with Gasteiger partial charge in [-0.05, 0) is 42.3 Å². The van der Waals surface area contributed by atoms with Crippen LogP contribution in [0.5, 0.6) is 0 Å². The maximum atomic E-state index is 12.0. The number of methoxy groups -OCH3 is 1. The second-order valence-corrected chi connectivity index (χ2v) is 5.62. The lowest BCUT2D eigenvalue weighted by Crippen LogP contribution is -2.35. The standard InChI is InChI=1S/C12H17BrN2O3/c1-7-8(14)5-15(10(16)9(7)13)6-12(2,3)11(17)18-4/h5H,6,14H2,1-4H3. The minimum atomic E-state index is -0.792. The number of ether oxygens (including phenoxy) is 1. The SMILES string of the molecule is COC(=O)C(C)(C)Cn1cc(N)c(C)c(Br)c1=O. The van der Waals surface area contributed by atoms with Gasteiger partial charge in [-0.2, -0.15) is 0 Å². The molecule has 0 radical (unpaired) electrons. The number of nitrogens with two attached hydrogens (primary N) is 1. The largest absolute Gasteiger partial charge is 0.469 e. The summed E-state index contributed by atoms with van der Waals surface area (Å²) in [5, 5.41) is 0. The molecule has 18 heavy (non-hydrogen) atoms. The van der Waals surface area contributed by atoms with Crippen molar-refractivity contribution in [3.63, 3.8) is 0 Å². The molecule has 0 atom stereocenters. The molecule has 0 bridgehead atoms. The van der Waals surface area contributed by atoms with Crippen molar-refractivity contribution >= 4 is 27.6 Å². The fourth-order valence-corrected chi connectivity index (χ4v) is 2.08. The Hall–Kier alpha value is -1.30. The quantitative estimate of drug-likeness (QED) is 0.861. The van der Waals surface area contributed by atoms with Crippen molar-refractivity contribution in [2.45, 2.75) is 27.3 Å². The van der Waals surface area contributed by atoms with E-state index in [-0.39, 0.29) is 18.1 Å². The van der Waals surface area contributed by atoms with E-state index >= 15 is 0 Å². The van der Waals surface area contributed by atoms with Crippen LogP contribution in [0.3, 0.4) is 0 Å². The molecule has 0 aliphatic rings. The molecule has 2 N–H and O–H groups in total. The molecular weight excluding hydrogens is 300 g/mol. The summed E-state index contributed by atoms with van der Waals surface area (Å²) in [6.07, 6.45) is 1.55. The highest BCUT2D eigenvalue weighted by molar-refractivity contribution is 9.10. The van der Waals surface area contributed by atoms with Gasteiger partial charge in [-0.1, -0.05) is 0 Å². The number of aromatic nitrogens is 1. The molecule has 1 aromatic heterocycles. The van der Waals surface area contributed by atoms with Crippen molar-refractivity contribution in [3.05, 3.63) is 26.6 Å². The summed E-state index contributed by atoms with van der Waals surface area (Å²) in [5.41, 5.74) is 6.01. The first-order valence-electron chi connectivity index (χ1n) is 5.44. The van der Waals surface area contributed by atoms with Gasteiger partial charge in [0.15, 0.2) is 0 Å². The number of hydrogen-bond acceptors (Lipinski definition) is 4. The molecular formula is C12H17BrN2O3. The van der Waals surface area contributed by atoms with E-state index in [1.165, 1.54) is 11.7 Å². The van der Waals surface area contributed by atoms with Crippen LogP contribution in [0.15, 0.2) is 15.5 Å². The molecule has 1 heterocycles. The fourth-order valence-electron chi connectivity index (χ4n) is 1.62. The van der Waals surface area contributed by atoms with E-state index in [0.29, 0.717) is 15.7 Å². The molecule has 0 amide bonds. The third-order valence-electron chi connectivity index (χ3n) is 2.81. The summed E-state index contributed by atoms with van der Waals surface area (Å²) in [7, 11) is 1.33. The van der Waals surface area contributed by atoms with Crippen molar-refractivity contribution < 1.29 is 9.53 Å². The number of nitrogens with zero attached hydrogens (tertiary/aromatic N) is 1. The summed E-state index contributed by atoms with van der Waals surface area (Å²) in [5.74, 6) is -0.371. The van der Waals surface area contributed by atoms with Crippen LogP contribution in [-0.4, -0.2) is 17.6 Å². The Bertz CT molecular complexity index is 535. The van der Waals surface area contributed by atoms with Gasteiger partial charge in [-0.3, -0.25) is 9.59 Å². The smallest absolute Gasteiger partial charge is 0.313 e. The lowest BCUT2D eigenvalue weighted by atomic mass is 9.93. The number of esters is 1. The molecule has 0 saturated carbocycles. The maximum absolute atomic E-state index is 12.0. The summed E-state index contributed by atoms with van der Waals surface area (Å²) in [4.78, 5) is 23.6. The lowest BCUT2D eigenvalue weighted by Gasteiger charge is -2.23. The second kappa shape index (κ2) is 5.14. The van der Waals surface area contributed by atoms with Gasteiger partial charge in [-0.25, -0.2) is 0 Å². The van der Waals surface area contributed by atoms with Crippen LogP contribution in [0.2, 0.25) is 0 Å². The van der Waals surface area contributed by atoms with Gasteiger partial charge in [0.05, 0.1) is 22.7 Å².